The summed E-state index contributed by atoms with van der Waals surface area (Å²) < 4.78 is 43.1. The van der Waals surface area contributed by atoms with E-state index in [0.717, 1.165) is 10.6 Å². The van der Waals surface area contributed by atoms with Gasteiger partial charge in [-0.2, -0.15) is 13.2 Å². The number of rotatable bonds is 5. The Morgan fingerprint density at radius 3 is 2.65 bits per heavy atom. The normalized spacial score (nSPS) is 13.1. The van der Waals surface area contributed by atoms with E-state index in [9.17, 15) is 22.8 Å². The van der Waals surface area contributed by atoms with E-state index in [4.69, 9.17) is 4.74 Å². The molecule has 0 aliphatic heterocycles. The van der Waals surface area contributed by atoms with Crippen molar-refractivity contribution in [3.05, 3.63) is 34.2 Å². The fourth-order valence-corrected chi connectivity index (χ4v) is 1.59. The standard InChI is InChI=1S/C12H15F3N2O3/c1-8(7-20-2)16-10(18)6-17-5-9(12(13,14)15)3-4-11(17)19/h3-5,8H,6-7H2,1-2H3,(H,16,18)/t8-/m0/s1. The van der Waals surface area contributed by atoms with Crippen molar-refractivity contribution in [2.24, 2.45) is 0 Å². The molecule has 0 unspecified atom stereocenters. The quantitative estimate of drug-likeness (QED) is 0.881. The first-order chi connectivity index (χ1) is 9.24. The van der Waals surface area contributed by atoms with Gasteiger partial charge in [-0.15, -0.1) is 0 Å². The molecule has 0 aromatic carbocycles. The van der Waals surface area contributed by atoms with Crippen LogP contribution in [0.15, 0.2) is 23.1 Å². The minimum Gasteiger partial charge on any atom is -0.383 e. The summed E-state index contributed by atoms with van der Waals surface area (Å²) in [6, 6.07) is 1.17. The van der Waals surface area contributed by atoms with Gasteiger partial charge in [-0.25, -0.2) is 0 Å². The van der Waals surface area contributed by atoms with E-state index in [2.05, 4.69) is 5.32 Å². The zero-order valence-electron chi connectivity index (χ0n) is 11.0. The number of hydrogen-bond acceptors (Lipinski definition) is 3. The van der Waals surface area contributed by atoms with Crippen LogP contribution in [0.25, 0.3) is 0 Å². The number of pyridine rings is 1. The lowest BCUT2D eigenvalue weighted by atomic mass is 10.2. The highest BCUT2D eigenvalue weighted by molar-refractivity contribution is 5.76. The summed E-state index contributed by atoms with van der Waals surface area (Å²) in [6.45, 7) is 1.47. The second-order valence-electron chi connectivity index (χ2n) is 4.31. The topological polar surface area (TPSA) is 60.3 Å². The maximum absolute atomic E-state index is 12.5. The summed E-state index contributed by atoms with van der Waals surface area (Å²) in [4.78, 5) is 23.0. The molecular weight excluding hydrogens is 277 g/mol. The van der Waals surface area contributed by atoms with E-state index < -0.39 is 29.8 Å². The third-order valence-corrected chi connectivity index (χ3v) is 2.45. The summed E-state index contributed by atoms with van der Waals surface area (Å²) in [6.07, 6.45) is -3.93. The predicted octanol–water partition coefficient (Wildman–Crippen LogP) is 1.02. The van der Waals surface area contributed by atoms with Crippen molar-refractivity contribution in [1.29, 1.82) is 0 Å². The van der Waals surface area contributed by atoms with Crippen LogP contribution >= 0.6 is 0 Å². The van der Waals surface area contributed by atoms with Gasteiger partial charge in [-0.3, -0.25) is 9.59 Å². The Labute approximate surface area is 113 Å². The first kappa shape index (κ1) is 16.2. The van der Waals surface area contributed by atoms with Gasteiger partial charge in [0.1, 0.15) is 6.54 Å². The first-order valence-corrected chi connectivity index (χ1v) is 5.80. The highest BCUT2D eigenvalue weighted by atomic mass is 19.4. The number of hydrogen-bond donors (Lipinski definition) is 1. The molecule has 0 aliphatic rings. The van der Waals surface area contributed by atoms with Crippen LogP contribution in [0, 0.1) is 0 Å². The number of alkyl halides is 3. The van der Waals surface area contributed by atoms with Crippen molar-refractivity contribution >= 4 is 5.91 Å². The molecule has 1 amide bonds. The van der Waals surface area contributed by atoms with Crippen LogP contribution < -0.4 is 10.9 Å². The van der Waals surface area contributed by atoms with Crippen molar-refractivity contribution in [1.82, 2.24) is 9.88 Å². The van der Waals surface area contributed by atoms with Crippen LogP contribution in [0.1, 0.15) is 12.5 Å². The predicted molar refractivity (Wildman–Crippen MR) is 65.2 cm³/mol. The second-order valence-corrected chi connectivity index (χ2v) is 4.31. The van der Waals surface area contributed by atoms with Crippen molar-refractivity contribution in [2.75, 3.05) is 13.7 Å². The summed E-state index contributed by atoms with van der Waals surface area (Å²) in [7, 11) is 1.46. The van der Waals surface area contributed by atoms with Gasteiger partial charge < -0.3 is 14.6 Å². The molecule has 0 saturated heterocycles. The number of aromatic nitrogens is 1. The molecule has 1 atom stereocenters. The molecule has 1 heterocycles. The number of nitrogens with one attached hydrogen (secondary N) is 1. The fraction of sp³-hybridized carbons (Fsp3) is 0.500. The number of methoxy groups -OCH3 is 1. The molecule has 0 radical (unpaired) electrons. The van der Waals surface area contributed by atoms with Gasteiger partial charge in [0.2, 0.25) is 5.91 Å². The van der Waals surface area contributed by atoms with Crippen molar-refractivity contribution in [2.45, 2.75) is 25.7 Å². The number of carbonyl (C=O) groups excluding carboxylic acids is 1. The highest BCUT2D eigenvalue weighted by Gasteiger charge is 2.31. The summed E-state index contributed by atoms with van der Waals surface area (Å²) in [5.41, 5.74) is -1.65. The minimum atomic E-state index is -4.56. The number of nitrogens with zero attached hydrogens (tertiary/aromatic N) is 1. The number of ether oxygens (including phenoxy) is 1. The van der Waals surface area contributed by atoms with Gasteiger partial charge in [-0.1, -0.05) is 0 Å². The van der Waals surface area contributed by atoms with Crippen LogP contribution in [0.5, 0.6) is 0 Å². The number of halogens is 3. The van der Waals surface area contributed by atoms with E-state index in [0.29, 0.717) is 12.3 Å². The summed E-state index contributed by atoms with van der Waals surface area (Å²) >= 11 is 0. The Kier molecular flexibility index (Phi) is 5.32. The average molecular weight is 292 g/mol. The molecule has 1 N–H and O–H groups in total. The molecule has 0 fully saturated rings. The van der Waals surface area contributed by atoms with E-state index in [1.165, 1.54) is 7.11 Å². The Balaban J connectivity index is 2.82. The third kappa shape index (κ3) is 4.69. The molecule has 0 saturated carbocycles. The van der Waals surface area contributed by atoms with Gasteiger partial charge in [0.05, 0.1) is 12.2 Å². The minimum absolute atomic E-state index is 0.267. The first-order valence-electron chi connectivity index (χ1n) is 5.80. The molecule has 0 spiro atoms. The maximum Gasteiger partial charge on any atom is 0.417 e. The van der Waals surface area contributed by atoms with Gasteiger partial charge in [-0.05, 0) is 13.0 Å². The van der Waals surface area contributed by atoms with E-state index >= 15 is 0 Å². The van der Waals surface area contributed by atoms with Crippen LogP contribution in [0.2, 0.25) is 0 Å². The zero-order valence-corrected chi connectivity index (χ0v) is 11.0. The highest BCUT2D eigenvalue weighted by Crippen LogP contribution is 2.27. The smallest absolute Gasteiger partial charge is 0.383 e. The van der Waals surface area contributed by atoms with Gasteiger partial charge in [0.25, 0.3) is 5.56 Å². The SMILES string of the molecule is COC[C@H](C)NC(=O)Cn1cc(C(F)(F)F)ccc1=O. The van der Waals surface area contributed by atoms with Crippen LogP contribution in [0.3, 0.4) is 0 Å². The molecule has 0 aliphatic carbocycles. The van der Waals surface area contributed by atoms with E-state index in [1.807, 2.05) is 0 Å². The Morgan fingerprint density at radius 1 is 1.45 bits per heavy atom. The Hall–Kier alpha value is -1.83. The zero-order chi connectivity index (χ0) is 15.3. The van der Waals surface area contributed by atoms with Gasteiger partial charge >= 0.3 is 6.18 Å². The Bertz CT molecular complexity index is 525. The van der Waals surface area contributed by atoms with Crippen LogP contribution in [-0.4, -0.2) is 30.2 Å². The lowest BCUT2D eigenvalue weighted by Crippen LogP contribution is -2.39. The molecule has 1 aromatic rings. The monoisotopic (exact) mass is 292 g/mol. The maximum atomic E-state index is 12.5. The van der Waals surface area contributed by atoms with Crippen LogP contribution in [-0.2, 0) is 22.3 Å². The second kappa shape index (κ2) is 6.56. The number of carbonyl (C=O) groups is 1. The van der Waals surface area contributed by atoms with E-state index in [1.54, 1.807) is 6.92 Å². The largest absolute Gasteiger partial charge is 0.417 e. The summed E-state index contributed by atoms with van der Waals surface area (Å²) in [5.74, 6) is -0.559. The molecule has 1 rings (SSSR count). The molecule has 0 bridgehead atoms. The molecule has 112 valence electrons. The Morgan fingerprint density at radius 2 is 2.10 bits per heavy atom. The van der Waals surface area contributed by atoms with Crippen molar-refractivity contribution < 1.29 is 22.7 Å². The lowest BCUT2D eigenvalue weighted by molar-refractivity contribution is -0.138. The lowest BCUT2D eigenvalue weighted by Gasteiger charge is -2.14. The molecule has 20 heavy (non-hydrogen) atoms. The van der Waals surface area contributed by atoms with Gasteiger partial charge in [0.15, 0.2) is 0 Å². The third-order valence-electron chi connectivity index (χ3n) is 2.45. The van der Waals surface area contributed by atoms with Gasteiger partial charge in [0, 0.05) is 25.4 Å². The molecule has 5 nitrogen and oxygen atoms in total. The average Bonchev–Trinajstić information content (AvgIpc) is 2.30. The molecule has 8 heteroatoms. The summed E-state index contributed by atoms with van der Waals surface area (Å²) in [5, 5.41) is 2.51. The van der Waals surface area contributed by atoms with Crippen molar-refractivity contribution in [3.8, 4) is 0 Å². The number of amides is 1. The molecular formula is C12H15F3N2O3. The molecule has 1 aromatic heterocycles. The van der Waals surface area contributed by atoms with E-state index in [-0.39, 0.29) is 12.6 Å². The van der Waals surface area contributed by atoms with Crippen LogP contribution in [0.4, 0.5) is 13.2 Å². The fourth-order valence-electron chi connectivity index (χ4n) is 1.59. The van der Waals surface area contributed by atoms with Crippen molar-refractivity contribution in [3.63, 3.8) is 0 Å².